The van der Waals surface area contributed by atoms with Crippen LogP contribution in [0.15, 0.2) is 72.8 Å². The van der Waals surface area contributed by atoms with Gasteiger partial charge in [0.2, 0.25) is 55.4 Å². The van der Waals surface area contributed by atoms with Crippen LogP contribution in [0.2, 0.25) is 0 Å². The van der Waals surface area contributed by atoms with Crippen molar-refractivity contribution in [3.8, 4) is 23.3 Å². The molecule has 6 fully saturated rings. The summed E-state index contributed by atoms with van der Waals surface area (Å²) in [5, 5.41) is 1.60. The first-order chi connectivity index (χ1) is 55.1. The van der Waals surface area contributed by atoms with Crippen molar-refractivity contribution in [1.29, 1.82) is 0 Å². The molecule has 12 rings (SSSR count). The standard InChI is InChI=1S/2C43H58F2N4O9S/c2*1-25-11-9-10-12-28-22-43(28,40(53)47-59(54,55)31-14-15-31)23-35(50)34-20-30(57-38-32-16-13-29(56-8)18-27(32)19-36(46-38)48(6)7)24-49(34)39(52)33(26(2)17-25)21-37(51)58-41(3,4)42(5,44)45/h2*10,12-13,16,18-19,25-26,28,30-31,33-34H,9,11,14-15,17,20-24H2,1-8H3,(H,47,53)/b2*12-10-/t25-,26+,28+,30+,33-,34-,43+;25-,26-,28-,30-,33+,34+,43-/m01/s1. The number of esters is 2. The van der Waals surface area contributed by atoms with Crippen molar-refractivity contribution in [3.05, 3.63) is 72.8 Å². The van der Waals surface area contributed by atoms with E-state index < -0.39 is 172 Å². The molecule has 32 heteroatoms. The van der Waals surface area contributed by atoms with Gasteiger partial charge in [-0.2, -0.15) is 9.97 Å². The van der Waals surface area contributed by atoms with E-state index in [0.717, 1.165) is 38.5 Å². The fraction of sp³-hybridized carbons (Fsp3) is 0.651. The number of nitrogens with zero attached hydrogens (tertiary/aromatic N) is 6. The molecule has 4 amide bonds. The second kappa shape index (κ2) is 34.8. The fourth-order valence-electron chi connectivity index (χ4n) is 16.8. The quantitative estimate of drug-likeness (QED) is 0.0419. The largest absolute Gasteiger partial charge is 0.497 e. The van der Waals surface area contributed by atoms with Crippen molar-refractivity contribution < 1.29 is 101 Å². The van der Waals surface area contributed by atoms with Crippen LogP contribution in [-0.4, -0.2) is 197 Å². The van der Waals surface area contributed by atoms with Gasteiger partial charge in [0.1, 0.15) is 35.3 Å². The summed E-state index contributed by atoms with van der Waals surface area (Å²) in [7, 11) is 2.63. The Morgan fingerprint density at radius 3 is 1.21 bits per heavy atom. The highest BCUT2D eigenvalue weighted by molar-refractivity contribution is 7.91. The number of fused-ring (bicyclic) bond motifs is 6. The lowest BCUT2D eigenvalue weighted by Crippen LogP contribution is -2.48. The third-order valence-corrected chi connectivity index (χ3v) is 29.0. The summed E-state index contributed by atoms with van der Waals surface area (Å²) in [6.07, 6.45) is 10.6. The maximum Gasteiger partial charge on any atom is 0.307 e. The van der Waals surface area contributed by atoms with Gasteiger partial charge in [-0.1, -0.05) is 52.0 Å². The highest BCUT2D eigenvalue weighted by atomic mass is 32.2. The lowest BCUT2D eigenvalue weighted by atomic mass is 9.82. The topological polar surface area (TPSA) is 323 Å². The van der Waals surface area contributed by atoms with E-state index >= 15 is 0 Å². The molecule has 4 aliphatic heterocycles. The molecule has 4 aliphatic carbocycles. The Kier molecular flexibility index (Phi) is 26.6. The van der Waals surface area contributed by atoms with E-state index in [1.165, 1.54) is 9.80 Å². The second-order valence-electron chi connectivity index (χ2n) is 36.1. The third kappa shape index (κ3) is 20.5. The minimum atomic E-state index is -3.92. The molecule has 2 aromatic heterocycles. The maximum atomic E-state index is 15.0. The van der Waals surface area contributed by atoms with Crippen LogP contribution >= 0.6 is 0 Å². The molecule has 118 heavy (non-hydrogen) atoms. The van der Waals surface area contributed by atoms with E-state index in [1.807, 2.05) is 126 Å². The maximum absolute atomic E-state index is 15.0. The molecule has 26 nitrogen and oxygen atoms in total. The van der Waals surface area contributed by atoms with Gasteiger partial charge in [0.05, 0.1) is 85.4 Å². The number of sulfonamides is 2. The molecule has 0 spiro atoms. The van der Waals surface area contributed by atoms with Crippen molar-refractivity contribution >= 4 is 100 Å². The zero-order valence-corrected chi connectivity index (χ0v) is 72.1. The summed E-state index contributed by atoms with van der Waals surface area (Å²) < 4.78 is 149. The van der Waals surface area contributed by atoms with Crippen LogP contribution in [0.25, 0.3) is 21.5 Å². The van der Waals surface area contributed by atoms with Crippen molar-refractivity contribution in [2.45, 2.75) is 243 Å². The van der Waals surface area contributed by atoms with Gasteiger partial charge in [-0.05, 0) is 200 Å². The summed E-state index contributed by atoms with van der Waals surface area (Å²) in [6, 6.07) is 12.4. The van der Waals surface area contributed by atoms with Gasteiger partial charge >= 0.3 is 11.9 Å². The minimum Gasteiger partial charge on any atom is -0.497 e. The molecular weight excluding hydrogens is 1570 g/mol. The average Bonchev–Trinajstić information content (AvgIpc) is 1.57. The van der Waals surface area contributed by atoms with E-state index in [4.69, 9.17) is 38.4 Å². The van der Waals surface area contributed by atoms with Crippen molar-refractivity contribution in [2.24, 2.45) is 58.2 Å². The Labute approximate surface area is 689 Å². The zero-order valence-electron chi connectivity index (χ0n) is 70.5. The number of anilines is 2. The number of nitrogens with one attached hydrogen (secondary N) is 2. The van der Waals surface area contributed by atoms with E-state index in [-0.39, 0.29) is 87.0 Å². The third-order valence-electron chi connectivity index (χ3n) is 25.4. The van der Waals surface area contributed by atoms with Crippen molar-refractivity contribution in [1.82, 2.24) is 29.2 Å². The molecule has 0 unspecified atom stereocenters. The molecule has 6 heterocycles. The summed E-state index contributed by atoms with van der Waals surface area (Å²) in [4.78, 5) is 130. The smallest absolute Gasteiger partial charge is 0.307 e. The first-order valence-electron chi connectivity index (χ1n) is 41.1. The van der Waals surface area contributed by atoms with Crippen molar-refractivity contribution in [2.75, 3.05) is 65.3 Å². The number of halogens is 4. The zero-order chi connectivity index (χ0) is 86.5. The number of alkyl halides is 4. The van der Waals surface area contributed by atoms with E-state index in [0.29, 0.717) is 112 Å². The summed E-state index contributed by atoms with van der Waals surface area (Å²) in [5.74, 6) is -12.7. The number of carbonyl (C=O) groups is 8. The molecule has 14 atom stereocenters. The second-order valence-corrected chi connectivity index (χ2v) is 40.0. The summed E-state index contributed by atoms with van der Waals surface area (Å²) in [6.45, 7) is 13.4. The molecule has 2 aromatic carbocycles. The van der Waals surface area contributed by atoms with E-state index in [9.17, 15) is 72.8 Å². The van der Waals surface area contributed by atoms with E-state index in [1.54, 1.807) is 26.4 Å². The monoisotopic (exact) mass is 1690 g/mol. The molecule has 0 bridgehead atoms. The fourth-order valence-corrected chi connectivity index (χ4v) is 19.5. The number of benzene rings is 2. The van der Waals surface area contributed by atoms with Crippen LogP contribution in [-0.2, 0) is 67.9 Å². The highest BCUT2D eigenvalue weighted by Gasteiger charge is 2.64. The summed E-state index contributed by atoms with van der Waals surface area (Å²) in [5.41, 5.74) is -6.96. The number of rotatable bonds is 22. The van der Waals surface area contributed by atoms with Gasteiger partial charge in [-0.15, -0.1) is 0 Å². The first kappa shape index (κ1) is 90.1. The number of ketones is 2. The van der Waals surface area contributed by atoms with Crippen LogP contribution in [0.5, 0.6) is 23.3 Å². The van der Waals surface area contributed by atoms with Gasteiger partial charge in [0.25, 0.3) is 11.8 Å². The van der Waals surface area contributed by atoms with Crippen LogP contribution in [0.1, 0.15) is 185 Å². The van der Waals surface area contributed by atoms with Gasteiger partial charge < -0.3 is 48.0 Å². The highest BCUT2D eigenvalue weighted by Crippen LogP contribution is 2.59. The SMILES string of the molecule is COc1ccc2c(O[C@@H]3C[C@H]4C(=O)C[C@]5(C(=O)NS(=O)(=O)C6CC6)C[C@H]5/C=C\CC[C@@H](C)C[C@@H](C)[C@H](CC(=O)OC(C)(C)C(C)(F)F)C(=O)N4C3)nc(N(C)C)cc2c1.COc1ccc2c(O[C@@H]3C[C@H]4C(=O)C[C@]5(C(=O)NS(=O)(=O)C6CC6)C[C@H]5/C=C\CC[C@H](C)C[C@@H](C)[C@H](CC(=O)OC(C)(C)C(C)(F)F)C(=O)N4C3)nc(N(C)C)cc2c1. The number of amides is 4. The number of methoxy groups -OCH3 is 2. The van der Waals surface area contributed by atoms with Crippen molar-refractivity contribution in [3.63, 3.8) is 0 Å². The van der Waals surface area contributed by atoms with Crippen LogP contribution < -0.4 is 38.2 Å². The molecule has 2 saturated heterocycles. The van der Waals surface area contributed by atoms with Crippen LogP contribution in [0.3, 0.4) is 0 Å². The van der Waals surface area contributed by atoms with Crippen LogP contribution in [0, 0.1) is 58.2 Å². The summed E-state index contributed by atoms with van der Waals surface area (Å²) >= 11 is 0. The van der Waals surface area contributed by atoms with E-state index in [2.05, 4.69) is 9.44 Å². The van der Waals surface area contributed by atoms with Gasteiger partial charge in [0, 0.05) is 78.5 Å². The Bertz CT molecular complexity index is 4500. The normalized spacial score (nSPS) is 28.7. The number of pyridine rings is 2. The molecule has 4 saturated carbocycles. The number of Topliss-reactive ketones (excluding diaryl/α,β-unsaturated/α-hetero) is 2. The van der Waals surface area contributed by atoms with Gasteiger partial charge in [-0.3, -0.25) is 47.8 Å². The first-order valence-corrected chi connectivity index (χ1v) is 44.2. The molecule has 0 radical (unpaired) electrons. The predicted molar refractivity (Wildman–Crippen MR) is 435 cm³/mol. The lowest BCUT2D eigenvalue weighted by Gasteiger charge is -2.34. The van der Waals surface area contributed by atoms with Gasteiger partial charge in [0.15, 0.2) is 22.8 Å². The molecular formula is C86H116F4N8O18S2. The Morgan fingerprint density at radius 2 is 0.890 bits per heavy atom. The number of ether oxygens (including phenoxy) is 6. The molecule has 648 valence electrons. The molecule has 8 aliphatic rings. The Hall–Kier alpha value is -8.68. The number of hydrogen-bond donors (Lipinski definition) is 2. The number of carbonyl (C=O) groups excluding carboxylic acids is 8. The number of allylic oxidation sites excluding steroid dienone is 4. The number of hydrogen-bond acceptors (Lipinski definition) is 22. The average molecular weight is 1690 g/mol. The number of aromatic nitrogens is 2. The molecule has 2 N–H and O–H groups in total. The predicted octanol–water partition coefficient (Wildman–Crippen LogP) is 12.5. The Balaban J connectivity index is 0.000000231. The van der Waals surface area contributed by atoms with Gasteiger partial charge in [-0.25, -0.2) is 34.4 Å². The molecule has 4 aromatic rings. The Morgan fingerprint density at radius 1 is 0.534 bits per heavy atom. The van der Waals surface area contributed by atoms with Crippen LogP contribution in [0.4, 0.5) is 29.2 Å². The lowest BCUT2D eigenvalue weighted by molar-refractivity contribution is -0.197. The minimum absolute atomic E-state index is 0.0196.